The van der Waals surface area contributed by atoms with Gasteiger partial charge in [-0.15, -0.1) is 113 Å². The van der Waals surface area contributed by atoms with Crippen molar-refractivity contribution < 1.29 is 0 Å². The van der Waals surface area contributed by atoms with Crippen LogP contribution in [0, 0.1) is 138 Å². The summed E-state index contributed by atoms with van der Waals surface area (Å²) < 4.78 is 11.6. The van der Waals surface area contributed by atoms with Gasteiger partial charge >= 0.3 is 0 Å². The van der Waals surface area contributed by atoms with Crippen molar-refractivity contribution in [2.45, 2.75) is 138 Å². The lowest BCUT2D eigenvalue weighted by Gasteiger charge is -2.34. The Bertz CT molecular complexity index is 6180. The largest absolute Gasteiger partial charge is 0.179 e. The van der Waals surface area contributed by atoms with Crippen LogP contribution >= 0.6 is 113 Å². The molecule has 0 N–H and O–H groups in total. The molecule has 0 aliphatic rings. The molecule has 0 nitrogen and oxygen atoms in total. The summed E-state index contributed by atoms with van der Waals surface area (Å²) in [7, 11) is -2.39. The molecule has 111 heavy (non-hydrogen) atoms. The average Bonchev–Trinajstić information content (AvgIpc) is 1.71. The Balaban J connectivity index is 0.000000107. The summed E-state index contributed by atoms with van der Waals surface area (Å²) >= 11 is 19.2. The predicted octanol–water partition coefficient (Wildman–Crippen LogP) is 31.5. The molecule has 20 aromatic rings. The highest BCUT2D eigenvalue weighted by Gasteiger charge is 2.41. The van der Waals surface area contributed by atoms with Crippen molar-refractivity contribution in [2.75, 3.05) is 0 Å². The van der Waals surface area contributed by atoms with Crippen LogP contribution < -0.4 is 20.7 Å². The van der Waals surface area contributed by atoms with Gasteiger partial charge in [0.05, 0.1) is 0 Å². The molecule has 0 atom stereocenters. The highest BCUT2D eigenvalue weighted by Crippen LogP contribution is 2.52. The minimum absolute atomic E-state index is 1.30. The van der Waals surface area contributed by atoms with E-state index in [1.54, 1.807) is 0 Å². The number of fused-ring (bicyclic) bond motifs is 14. The molecule has 556 valence electrons. The number of thiophene rings is 10. The highest BCUT2D eigenvalue weighted by molar-refractivity contribution is 7.25. The molecule has 10 aromatic heterocycles. The molecule has 0 bridgehead atoms. The van der Waals surface area contributed by atoms with Crippen LogP contribution in [0.25, 0.3) is 123 Å². The van der Waals surface area contributed by atoms with Gasteiger partial charge in [0.25, 0.3) is 0 Å². The van der Waals surface area contributed by atoms with E-state index in [0.717, 1.165) is 0 Å². The third kappa shape index (κ3) is 14.4. The van der Waals surface area contributed by atoms with E-state index in [0.29, 0.717) is 0 Å². The van der Waals surface area contributed by atoms with Crippen LogP contribution in [-0.2, 0) is 0 Å². The first-order valence-electron chi connectivity index (χ1n) is 38.1. The fourth-order valence-corrected chi connectivity index (χ4v) is 31.8. The van der Waals surface area contributed by atoms with Crippen molar-refractivity contribution in [3.63, 3.8) is 0 Å². The Morgan fingerprint density at radius 1 is 0.171 bits per heavy atom. The summed E-state index contributed by atoms with van der Waals surface area (Å²) in [5, 5.41) is 22.9. The van der Waals surface area contributed by atoms with Gasteiger partial charge in [0.2, 0.25) is 0 Å². The van der Waals surface area contributed by atoms with E-state index >= 15 is 0 Å². The Kier molecular flexibility index (Phi) is 21.3. The van der Waals surface area contributed by atoms with Crippen molar-refractivity contribution in [1.82, 2.24) is 0 Å². The molecule has 0 fully saturated rings. The number of rotatable bonds is 6. The van der Waals surface area contributed by atoms with Gasteiger partial charge in [0.1, 0.15) is 0 Å². The normalized spacial score (nSPS) is 11.8. The molecule has 0 aliphatic carbocycles. The molecule has 0 saturated heterocycles. The second-order valence-electron chi connectivity index (χ2n) is 30.8. The fraction of sp³-hybridized carbons (Fsp3) is 0.200. The summed E-state index contributed by atoms with van der Waals surface area (Å²) in [6, 6.07) is 74.2. The second-order valence-corrected chi connectivity index (χ2v) is 47.2. The predicted molar refractivity (Wildman–Crippen MR) is 515 cm³/mol. The summed E-state index contributed by atoms with van der Waals surface area (Å²) in [5.74, 6) is 0. The Morgan fingerprint density at radius 3 is 0.712 bits per heavy atom. The minimum atomic E-state index is -2.39. The van der Waals surface area contributed by atoms with Gasteiger partial charge in [0.15, 0.2) is 8.07 Å². The third-order valence-corrected chi connectivity index (χ3v) is 37.7. The molecule has 0 radical (unpaired) electrons. The lowest BCUT2D eigenvalue weighted by atomic mass is 9.98. The highest BCUT2D eigenvalue weighted by atomic mass is 32.1. The van der Waals surface area contributed by atoms with E-state index in [9.17, 15) is 0 Å². The molecule has 0 aliphatic heterocycles. The summed E-state index contributed by atoms with van der Waals surface area (Å²) in [4.78, 5) is 16.7. The number of benzene rings is 10. The first-order chi connectivity index (χ1) is 53.2. The molecule has 10 aromatic carbocycles. The van der Waals surface area contributed by atoms with Crippen molar-refractivity contribution in [3.8, 4) is 20.9 Å². The number of hydrogen-bond acceptors (Lipinski definition) is 10. The molecule has 11 heteroatoms. The lowest BCUT2D eigenvalue weighted by Crippen LogP contribution is -2.74. The van der Waals surface area contributed by atoms with Gasteiger partial charge in [-0.2, -0.15) is 0 Å². The average molecular weight is 1640 g/mol. The number of hydrogen-bond donors (Lipinski definition) is 0. The van der Waals surface area contributed by atoms with Crippen LogP contribution in [-0.4, -0.2) is 8.07 Å². The van der Waals surface area contributed by atoms with Crippen LogP contribution in [0.15, 0.2) is 194 Å². The lowest BCUT2D eigenvalue weighted by molar-refractivity contribution is 1.46. The van der Waals surface area contributed by atoms with Crippen LogP contribution in [0.2, 0.25) is 0 Å². The fourth-order valence-electron chi connectivity index (χ4n) is 16.6. The zero-order valence-electron chi connectivity index (χ0n) is 67.1. The van der Waals surface area contributed by atoms with Gasteiger partial charge in [-0.1, -0.05) is 119 Å². The molecule has 0 saturated carbocycles. The van der Waals surface area contributed by atoms with Gasteiger partial charge < -0.3 is 0 Å². The first kappa shape index (κ1) is 77.0. The van der Waals surface area contributed by atoms with E-state index in [1.807, 2.05) is 113 Å². The topological polar surface area (TPSA) is 0 Å². The van der Waals surface area contributed by atoms with Crippen LogP contribution in [0.4, 0.5) is 0 Å². The van der Waals surface area contributed by atoms with E-state index in [1.165, 1.54) is 248 Å². The van der Waals surface area contributed by atoms with E-state index in [2.05, 4.69) is 333 Å². The Labute approximate surface area is 695 Å². The van der Waals surface area contributed by atoms with Crippen LogP contribution in [0.3, 0.4) is 0 Å². The molecule has 0 amide bonds. The molecule has 20 rings (SSSR count). The van der Waals surface area contributed by atoms with Gasteiger partial charge in [-0.25, -0.2) is 0 Å². The molecule has 0 spiro atoms. The van der Waals surface area contributed by atoms with Crippen LogP contribution in [0.5, 0.6) is 0 Å². The quantitative estimate of drug-likeness (QED) is 0.115. The second kappa shape index (κ2) is 30.7. The first-order valence-corrected chi connectivity index (χ1v) is 48.3. The number of aryl methyl sites for hydroxylation is 20. The van der Waals surface area contributed by atoms with Gasteiger partial charge in [0, 0.05) is 140 Å². The molecule has 10 heterocycles. The SMILES string of the molecule is Cc1cc2c(C)c3sc(C)cc3c(C)c2s1.Cc1cc2c(C)cc3c(cc(C)c4cc(C)sc43)c2s1.Cc1cc2c(s1)c(C)cc1c3cc(C)sc3c(C)cc21.Cc1ccc(-c2c3cc(C)sc3c(-c3ccc(C)s3)c3cc(C)sc23)s1.Cc1ccc([Si](c2ccc(C)cc2)(c2ccc(C)cc2)c2ccc(C)cc2)cc1. The van der Waals surface area contributed by atoms with Crippen molar-refractivity contribution >= 4 is 244 Å². The van der Waals surface area contributed by atoms with Gasteiger partial charge in [-0.05, 0) is 322 Å². The minimum Gasteiger partial charge on any atom is -0.141 e. The maximum absolute atomic E-state index is 2.39. The van der Waals surface area contributed by atoms with E-state index < -0.39 is 8.07 Å². The monoisotopic (exact) mass is 1640 g/mol. The van der Waals surface area contributed by atoms with Crippen molar-refractivity contribution in [3.05, 3.63) is 299 Å². The zero-order valence-corrected chi connectivity index (χ0v) is 76.2. The Morgan fingerprint density at radius 2 is 0.414 bits per heavy atom. The summed E-state index contributed by atoms with van der Waals surface area (Å²) in [6.45, 7) is 44.2. The van der Waals surface area contributed by atoms with Crippen molar-refractivity contribution in [2.24, 2.45) is 0 Å². The summed E-state index contributed by atoms with van der Waals surface area (Å²) in [5.41, 5.74) is 16.6. The smallest absolute Gasteiger partial charge is 0.141 e. The van der Waals surface area contributed by atoms with Gasteiger partial charge in [-0.3, -0.25) is 0 Å². The Hall–Kier alpha value is -7.98. The summed E-state index contributed by atoms with van der Waals surface area (Å²) in [6.07, 6.45) is 0. The van der Waals surface area contributed by atoms with Crippen molar-refractivity contribution in [1.29, 1.82) is 0 Å². The molecular weight excluding hydrogens is 1550 g/mol. The maximum atomic E-state index is 2.39. The van der Waals surface area contributed by atoms with E-state index in [4.69, 9.17) is 0 Å². The standard InChI is InChI=1S/C28H28Si.C22H18S4.2C18H16S2.C14H14S2/c1-21-5-13-25(14-6-21)29(26-15-7-22(2)8-16-26,27-17-9-23(3)10-18-27)28-19-11-24(4)12-20-28;1-11-5-7-17(23-11)19-15-9-13(3)26-22(15)20(18-8-6-12(2)24-18)16-10-14(4)25-21(16)19;1-9-5-15-16(17-13(9)7-11(3)19-17)6-10(2)14-8-12(4)20-18(14)15;1-9-5-13-14(15-7-11(3)19-17(9)15)6-10(2)18-16(13)8-12(4)20-18;1-7-5-11-9(3)14-12(6-8(2)16-14)10(4)13(11)15-7/h5-20H,1-4H3;5-10H,1-4H3;2*5-8H,1-4H3;5-6H,1-4H3. The maximum Gasteiger partial charge on any atom is 0.179 e. The molecular formula is C100H92S10Si. The van der Waals surface area contributed by atoms with E-state index in [-0.39, 0.29) is 0 Å². The molecule has 0 unspecified atom stereocenters. The third-order valence-electron chi connectivity index (χ3n) is 21.9. The zero-order chi connectivity index (χ0) is 77.9. The van der Waals surface area contributed by atoms with Crippen LogP contribution in [0.1, 0.15) is 104 Å².